The maximum atomic E-state index is 10.5. The van der Waals surface area contributed by atoms with Crippen molar-refractivity contribution in [1.82, 2.24) is 4.98 Å². The zero-order chi connectivity index (χ0) is 18.4. The Morgan fingerprint density at radius 2 is 1.77 bits per heavy atom. The number of thiazole rings is 1. The zero-order valence-corrected chi connectivity index (χ0v) is 15.2. The summed E-state index contributed by atoms with van der Waals surface area (Å²) in [7, 11) is 0. The van der Waals surface area contributed by atoms with Gasteiger partial charge in [-0.15, -0.1) is 11.3 Å². The second-order valence-corrected chi connectivity index (χ2v) is 6.72. The monoisotopic (exact) mass is 367 g/mol. The molecule has 5 nitrogen and oxygen atoms in total. The summed E-state index contributed by atoms with van der Waals surface area (Å²) in [6.45, 7) is 3.14. The Morgan fingerprint density at radius 3 is 2.42 bits per heavy atom. The largest absolute Gasteiger partial charge is 0.550 e. The molecule has 26 heavy (non-hydrogen) atoms. The van der Waals surface area contributed by atoms with Crippen LogP contribution in [0.2, 0.25) is 0 Å². The molecule has 0 saturated carbocycles. The van der Waals surface area contributed by atoms with E-state index in [2.05, 4.69) is 41.5 Å². The first kappa shape index (κ1) is 17.9. The number of benzene rings is 2. The van der Waals surface area contributed by atoms with Gasteiger partial charge in [-0.05, 0) is 30.2 Å². The van der Waals surface area contributed by atoms with Crippen molar-refractivity contribution in [3.63, 3.8) is 0 Å². The normalized spacial score (nSPS) is 10.5. The SMILES string of the molecule is Cc1ccc(-c2ccc(OCCNc3nc(CC(=O)[O-])cs3)cc2)cc1. The summed E-state index contributed by atoms with van der Waals surface area (Å²) in [6.07, 6.45) is -0.165. The van der Waals surface area contributed by atoms with E-state index in [9.17, 15) is 9.90 Å². The Hall–Kier alpha value is -2.86. The number of carbonyl (C=O) groups excluding carboxylic acids is 1. The number of aliphatic carboxylic acids is 1. The van der Waals surface area contributed by atoms with Gasteiger partial charge in [0.2, 0.25) is 0 Å². The molecule has 0 saturated heterocycles. The van der Waals surface area contributed by atoms with Crippen LogP contribution >= 0.6 is 11.3 Å². The van der Waals surface area contributed by atoms with Gasteiger partial charge in [0.25, 0.3) is 0 Å². The molecule has 0 aliphatic carbocycles. The van der Waals surface area contributed by atoms with Gasteiger partial charge in [-0.3, -0.25) is 0 Å². The van der Waals surface area contributed by atoms with Crippen LogP contribution in [0.3, 0.4) is 0 Å². The van der Waals surface area contributed by atoms with Gasteiger partial charge in [0, 0.05) is 17.8 Å². The lowest BCUT2D eigenvalue weighted by Crippen LogP contribution is -2.24. The van der Waals surface area contributed by atoms with Gasteiger partial charge in [-0.1, -0.05) is 42.0 Å². The lowest BCUT2D eigenvalue weighted by molar-refractivity contribution is -0.304. The molecule has 0 spiro atoms. The second-order valence-electron chi connectivity index (χ2n) is 5.86. The van der Waals surface area contributed by atoms with Crippen LogP contribution < -0.4 is 15.2 Å². The summed E-state index contributed by atoms with van der Waals surface area (Å²) in [5, 5.41) is 16.0. The van der Waals surface area contributed by atoms with Crippen molar-refractivity contribution >= 4 is 22.4 Å². The first-order valence-electron chi connectivity index (χ1n) is 8.28. The van der Waals surface area contributed by atoms with Crippen LogP contribution in [0.15, 0.2) is 53.9 Å². The van der Waals surface area contributed by atoms with Gasteiger partial charge in [-0.2, -0.15) is 0 Å². The van der Waals surface area contributed by atoms with E-state index in [0.29, 0.717) is 24.0 Å². The highest BCUT2D eigenvalue weighted by Gasteiger charge is 2.02. The van der Waals surface area contributed by atoms with Gasteiger partial charge >= 0.3 is 0 Å². The highest BCUT2D eigenvalue weighted by Crippen LogP contribution is 2.22. The third-order valence-electron chi connectivity index (χ3n) is 3.76. The lowest BCUT2D eigenvalue weighted by atomic mass is 10.0. The summed E-state index contributed by atoms with van der Waals surface area (Å²) in [4.78, 5) is 14.7. The molecule has 3 rings (SSSR count). The molecule has 2 aromatic carbocycles. The maximum absolute atomic E-state index is 10.5. The van der Waals surface area contributed by atoms with E-state index in [0.717, 1.165) is 11.3 Å². The molecule has 0 fully saturated rings. The highest BCUT2D eigenvalue weighted by molar-refractivity contribution is 7.13. The minimum absolute atomic E-state index is 0.165. The van der Waals surface area contributed by atoms with Crippen LogP contribution in [0.4, 0.5) is 5.13 Å². The number of hydrogen-bond acceptors (Lipinski definition) is 6. The fourth-order valence-corrected chi connectivity index (χ4v) is 3.17. The minimum Gasteiger partial charge on any atom is -0.550 e. The van der Waals surface area contributed by atoms with Crippen LogP contribution in [-0.4, -0.2) is 24.1 Å². The van der Waals surface area contributed by atoms with Gasteiger partial charge in [0.05, 0.1) is 12.2 Å². The molecular formula is C20H19N2O3S-. The fraction of sp³-hybridized carbons (Fsp3) is 0.200. The number of carbonyl (C=O) groups is 1. The number of nitrogens with one attached hydrogen (secondary N) is 1. The van der Waals surface area contributed by atoms with Crippen LogP contribution in [0.25, 0.3) is 11.1 Å². The quantitative estimate of drug-likeness (QED) is 0.620. The summed E-state index contributed by atoms with van der Waals surface area (Å²) >= 11 is 1.37. The predicted octanol–water partition coefficient (Wildman–Crippen LogP) is 2.90. The molecule has 0 aliphatic rings. The van der Waals surface area contributed by atoms with E-state index >= 15 is 0 Å². The Labute approximate surface area is 156 Å². The number of aromatic nitrogens is 1. The third-order valence-corrected chi connectivity index (χ3v) is 4.61. The van der Waals surface area contributed by atoms with Crippen LogP contribution in [0.1, 0.15) is 11.3 Å². The average molecular weight is 367 g/mol. The standard InChI is InChI=1S/C20H20N2O3S/c1-14-2-4-15(5-3-14)16-6-8-18(9-7-16)25-11-10-21-20-22-17(13-26-20)12-19(23)24/h2-9,13H,10-12H2,1H3,(H,21,22)(H,23,24)/p-1. The van der Waals surface area contributed by atoms with Crippen molar-refractivity contribution in [3.05, 3.63) is 65.2 Å². The highest BCUT2D eigenvalue weighted by atomic mass is 32.1. The van der Waals surface area contributed by atoms with Crippen LogP contribution in [0.5, 0.6) is 5.75 Å². The molecule has 134 valence electrons. The van der Waals surface area contributed by atoms with Crippen molar-refractivity contribution in [2.75, 3.05) is 18.5 Å². The molecule has 0 radical (unpaired) electrons. The van der Waals surface area contributed by atoms with E-state index in [1.165, 1.54) is 22.5 Å². The number of ether oxygens (including phenoxy) is 1. The second kappa shape index (κ2) is 8.49. The number of aryl methyl sites for hydroxylation is 1. The number of carboxylic acid groups (broad SMARTS) is 1. The molecule has 6 heteroatoms. The number of carboxylic acids is 1. The van der Waals surface area contributed by atoms with Gasteiger partial charge in [-0.25, -0.2) is 4.98 Å². The maximum Gasteiger partial charge on any atom is 0.182 e. The van der Waals surface area contributed by atoms with Crippen molar-refractivity contribution in [2.24, 2.45) is 0 Å². The van der Waals surface area contributed by atoms with Crippen molar-refractivity contribution in [1.29, 1.82) is 0 Å². The van der Waals surface area contributed by atoms with E-state index in [4.69, 9.17) is 4.74 Å². The topological polar surface area (TPSA) is 74.3 Å². The Balaban J connectivity index is 1.45. The van der Waals surface area contributed by atoms with Crippen molar-refractivity contribution in [3.8, 4) is 16.9 Å². The number of rotatable bonds is 8. The number of hydrogen-bond donors (Lipinski definition) is 1. The number of nitrogens with zero attached hydrogens (tertiary/aromatic N) is 1. The average Bonchev–Trinajstić information content (AvgIpc) is 3.06. The molecule has 1 aromatic heterocycles. The lowest BCUT2D eigenvalue weighted by Gasteiger charge is -2.08. The van der Waals surface area contributed by atoms with Crippen molar-refractivity contribution in [2.45, 2.75) is 13.3 Å². The van der Waals surface area contributed by atoms with E-state index in [-0.39, 0.29) is 6.42 Å². The third kappa shape index (κ3) is 5.07. The molecular weight excluding hydrogens is 348 g/mol. The van der Waals surface area contributed by atoms with Crippen LogP contribution in [-0.2, 0) is 11.2 Å². The first-order valence-corrected chi connectivity index (χ1v) is 9.16. The Morgan fingerprint density at radius 1 is 1.12 bits per heavy atom. The molecule has 0 amide bonds. The Bertz CT molecular complexity index is 858. The minimum atomic E-state index is -1.13. The van der Waals surface area contributed by atoms with Crippen molar-refractivity contribution < 1.29 is 14.6 Å². The molecule has 1 N–H and O–H groups in total. The molecule has 0 unspecified atom stereocenters. The zero-order valence-electron chi connectivity index (χ0n) is 14.4. The van der Waals surface area contributed by atoms with Crippen LogP contribution in [0, 0.1) is 6.92 Å². The summed E-state index contributed by atoms with van der Waals surface area (Å²) in [6, 6.07) is 16.4. The molecule has 1 heterocycles. The summed E-state index contributed by atoms with van der Waals surface area (Å²) < 4.78 is 5.72. The van der Waals surface area contributed by atoms with E-state index in [1.54, 1.807) is 5.38 Å². The molecule has 0 aliphatic heterocycles. The fourth-order valence-electron chi connectivity index (χ4n) is 2.43. The van der Waals surface area contributed by atoms with E-state index < -0.39 is 5.97 Å². The van der Waals surface area contributed by atoms with Gasteiger partial charge in [0.15, 0.2) is 5.13 Å². The van der Waals surface area contributed by atoms with Gasteiger partial charge in [0.1, 0.15) is 12.4 Å². The Kier molecular flexibility index (Phi) is 5.86. The molecule has 0 atom stereocenters. The van der Waals surface area contributed by atoms with E-state index in [1.807, 2.05) is 24.3 Å². The van der Waals surface area contributed by atoms with Gasteiger partial charge < -0.3 is 20.0 Å². The first-order chi connectivity index (χ1) is 12.6. The number of anilines is 1. The summed E-state index contributed by atoms with van der Waals surface area (Å²) in [5.41, 5.74) is 4.08. The predicted molar refractivity (Wildman–Crippen MR) is 101 cm³/mol. The summed E-state index contributed by atoms with van der Waals surface area (Å²) in [5.74, 6) is -0.321. The molecule has 0 bridgehead atoms. The molecule has 3 aromatic rings. The smallest absolute Gasteiger partial charge is 0.182 e.